The first-order valence-corrected chi connectivity index (χ1v) is 11.9. The van der Waals surface area contributed by atoms with Gasteiger partial charge in [0.2, 0.25) is 0 Å². The molecule has 1 heterocycles. The van der Waals surface area contributed by atoms with Gasteiger partial charge in [-0.15, -0.1) is 0 Å². The minimum Gasteiger partial charge on any atom is -0.507 e. The summed E-state index contributed by atoms with van der Waals surface area (Å²) in [6.45, 7) is 11.7. The Bertz CT molecular complexity index is 1010. The second-order valence-electron chi connectivity index (χ2n) is 7.98. The van der Waals surface area contributed by atoms with Gasteiger partial charge in [-0.05, 0) is 68.9 Å². The minimum absolute atomic E-state index is 0.0952. The summed E-state index contributed by atoms with van der Waals surface area (Å²) in [6.07, 6.45) is 0. The van der Waals surface area contributed by atoms with Crippen molar-refractivity contribution in [3.05, 3.63) is 65.2 Å². The minimum atomic E-state index is -0.683. The number of Topliss-reactive ketones (excluding diaryl/α,β-unsaturated/α-hetero) is 1. The van der Waals surface area contributed by atoms with E-state index < -0.39 is 17.7 Å². The van der Waals surface area contributed by atoms with Crippen molar-refractivity contribution >= 4 is 17.4 Å². The number of carbonyl (C=O) groups is 2. The molecular weight excluding hydrogens is 432 g/mol. The molecule has 34 heavy (non-hydrogen) atoms. The zero-order chi connectivity index (χ0) is 24.7. The summed E-state index contributed by atoms with van der Waals surface area (Å²) in [5, 5.41) is 11.2. The van der Waals surface area contributed by atoms with Gasteiger partial charge in [-0.1, -0.05) is 26.0 Å². The maximum Gasteiger partial charge on any atom is 0.295 e. The molecule has 0 spiro atoms. The number of ether oxygens (including phenoxy) is 2. The Balaban J connectivity index is 2.04. The van der Waals surface area contributed by atoms with E-state index in [0.29, 0.717) is 43.4 Å². The maximum absolute atomic E-state index is 13.2. The van der Waals surface area contributed by atoms with E-state index in [1.54, 1.807) is 29.2 Å². The van der Waals surface area contributed by atoms with Gasteiger partial charge in [-0.2, -0.15) is 0 Å². The lowest BCUT2D eigenvalue weighted by Gasteiger charge is -2.28. The van der Waals surface area contributed by atoms with Crippen LogP contribution in [0.2, 0.25) is 0 Å². The monoisotopic (exact) mass is 466 g/mol. The number of aliphatic hydroxyl groups is 1. The van der Waals surface area contributed by atoms with Crippen LogP contribution in [0.3, 0.4) is 0 Å². The molecule has 1 saturated heterocycles. The molecule has 1 atom stereocenters. The Morgan fingerprint density at radius 1 is 0.882 bits per heavy atom. The van der Waals surface area contributed by atoms with Crippen molar-refractivity contribution in [2.75, 3.05) is 39.4 Å². The van der Waals surface area contributed by atoms with E-state index in [2.05, 4.69) is 18.7 Å². The standard InChI is InChI=1S/C27H34N2O5/c1-5-28(6-2)17-18-29-24(19-9-13-21(14-10-19)33-7-3)23(26(31)27(29)32)25(30)20-11-15-22(16-12-20)34-8-4/h9-16,24,30H,5-8,17-18H2,1-4H3. The quantitative estimate of drug-likeness (QED) is 0.303. The average Bonchev–Trinajstić information content (AvgIpc) is 3.10. The fraction of sp³-hybridized carbons (Fsp3) is 0.407. The molecule has 1 amide bonds. The van der Waals surface area contributed by atoms with Crippen LogP contribution >= 0.6 is 0 Å². The van der Waals surface area contributed by atoms with E-state index in [1.165, 1.54) is 0 Å². The third-order valence-corrected chi connectivity index (χ3v) is 6.04. The number of amides is 1. The number of hydrogen-bond acceptors (Lipinski definition) is 6. The first-order chi connectivity index (χ1) is 16.4. The van der Waals surface area contributed by atoms with Gasteiger partial charge in [-0.25, -0.2) is 0 Å². The predicted octanol–water partition coefficient (Wildman–Crippen LogP) is 4.25. The van der Waals surface area contributed by atoms with E-state index in [-0.39, 0.29) is 11.3 Å². The number of likely N-dealkylation sites (N-methyl/N-ethyl adjacent to an activating group) is 1. The van der Waals surface area contributed by atoms with Crippen molar-refractivity contribution in [2.45, 2.75) is 33.7 Å². The molecule has 1 fully saturated rings. The average molecular weight is 467 g/mol. The van der Waals surface area contributed by atoms with Gasteiger partial charge in [0.1, 0.15) is 17.3 Å². The summed E-state index contributed by atoms with van der Waals surface area (Å²) in [5.41, 5.74) is 1.30. The highest BCUT2D eigenvalue weighted by molar-refractivity contribution is 6.46. The predicted molar refractivity (Wildman–Crippen MR) is 132 cm³/mol. The normalized spacial score (nSPS) is 17.4. The lowest BCUT2D eigenvalue weighted by atomic mass is 9.95. The molecule has 0 bridgehead atoms. The Labute approximate surface area is 201 Å². The SMILES string of the molecule is CCOc1ccc(C(O)=C2C(=O)C(=O)N(CCN(CC)CC)C2c2ccc(OCC)cc2)cc1. The molecule has 1 aliphatic heterocycles. The highest BCUT2D eigenvalue weighted by atomic mass is 16.5. The molecule has 7 heteroatoms. The van der Waals surface area contributed by atoms with Gasteiger partial charge in [-0.3, -0.25) is 9.59 Å². The van der Waals surface area contributed by atoms with Gasteiger partial charge in [0.25, 0.3) is 11.7 Å². The van der Waals surface area contributed by atoms with Crippen LogP contribution in [0.1, 0.15) is 44.9 Å². The number of aliphatic hydroxyl groups excluding tert-OH is 1. The summed E-state index contributed by atoms with van der Waals surface area (Å²) < 4.78 is 11.0. The maximum atomic E-state index is 13.2. The summed E-state index contributed by atoms with van der Waals surface area (Å²) in [5.74, 6) is -0.0893. The Kier molecular flexibility index (Phi) is 8.71. The smallest absolute Gasteiger partial charge is 0.295 e. The second kappa shape index (κ2) is 11.7. The summed E-state index contributed by atoms with van der Waals surface area (Å²) in [6, 6.07) is 13.5. The third-order valence-electron chi connectivity index (χ3n) is 6.04. The number of nitrogens with zero attached hydrogens (tertiary/aromatic N) is 2. The highest BCUT2D eigenvalue weighted by Crippen LogP contribution is 2.39. The van der Waals surface area contributed by atoms with E-state index in [0.717, 1.165) is 18.7 Å². The van der Waals surface area contributed by atoms with Gasteiger partial charge >= 0.3 is 0 Å². The van der Waals surface area contributed by atoms with Crippen molar-refractivity contribution in [1.82, 2.24) is 9.80 Å². The highest BCUT2D eigenvalue weighted by Gasteiger charge is 2.45. The van der Waals surface area contributed by atoms with Gasteiger partial charge in [0, 0.05) is 18.7 Å². The first kappa shape index (κ1) is 25.3. The van der Waals surface area contributed by atoms with Gasteiger partial charge in [0.05, 0.1) is 24.8 Å². The second-order valence-corrected chi connectivity index (χ2v) is 7.98. The summed E-state index contributed by atoms with van der Waals surface area (Å²) in [4.78, 5) is 30.0. The molecule has 2 aromatic rings. The van der Waals surface area contributed by atoms with Crippen molar-refractivity contribution in [1.29, 1.82) is 0 Å². The zero-order valence-electron chi connectivity index (χ0n) is 20.4. The zero-order valence-corrected chi connectivity index (χ0v) is 20.4. The molecule has 0 aliphatic carbocycles. The molecule has 0 saturated carbocycles. The van der Waals surface area contributed by atoms with Crippen molar-refractivity contribution in [3.8, 4) is 11.5 Å². The molecular formula is C27H34N2O5. The lowest BCUT2D eigenvalue weighted by molar-refractivity contribution is -0.140. The molecule has 1 N–H and O–H groups in total. The third kappa shape index (κ3) is 5.42. The fourth-order valence-corrected chi connectivity index (χ4v) is 4.19. The largest absolute Gasteiger partial charge is 0.507 e. The van der Waals surface area contributed by atoms with Gasteiger partial charge in [0.15, 0.2) is 0 Å². The molecule has 3 rings (SSSR count). The van der Waals surface area contributed by atoms with Crippen LogP contribution in [-0.2, 0) is 9.59 Å². The lowest BCUT2D eigenvalue weighted by Crippen LogP contribution is -2.38. The molecule has 2 aromatic carbocycles. The Morgan fingerprint density at radius 2 is 1.41 bits per heavy atom. The Morgan fingerprint density at radius 3 is 1.91 bits per heavy atom. The van der Waals surface area contributed by atoms with Crippen LogP contribution in [0.4, 0.5) is 0 Å². The van der Waals surface area contributed by atoms with Crippen LogP contribution in [0, 0.1) is 0 Å². The van der Waals surface area contributed by atoms with E-state index in [4.69, 9.17) is 9.47 Å². The Hall–Kier alpha value is -3.32. The molecule has 1 aliphatic rings. The summed E-state index contributed by atoms with van der Waals surface area (Å²) >= 11 is 0. The number of rotatable bonds is 11. The molecule has 1 unspecified atom stereocenters. The molecule has 182 valence electrons. The fourth-order valence-electron chi connectivity index (χ4n) is 4.19. The molecule has 0 aromatic heterocycles. The number of carbonyl (C=O) groups excluding carboxylic acids is 2. The number of likely N-dealkylation sites (tertiary alicyclic amines) is 1. The van der Waals surface area contributed by atoms with E-state index in [1.807, 2.05) is 38.1 Å². The molecule has 7 nitrogen and oxygen atoms in total. The molecule has 0 radical (unpaired) electrons. The topological polar surface area (TPSA) is 79.3 Å². The summed E-state index contributed by atoms with van der Waals surface area (Å²) in [7, 11) is 0. The number of ketones is 1. The van der Waals surface area contributed by atoms with E-state index in [9.17, 15) is 14.7 Å². The van der Waals surface area contributed by atoms with Crippen molar-refractivity contribution in [3.63, 3.8) is 0 Å². The number of hydrogen-bond donors (Lipinski definition) is 1. The van der Waals surface area contributed by atoms with Gasteiger partial charge < -0.3 is 24.4 Å². The van der Waals surface area contributed by atoms with Crippen LogP contribution < -0.4 is 9.47 Å². The van der Waals surface area contributed by atoms with Crippen molar-refractivity contribution in [2.24, 2.45) is 0 Å². The van der Waals surface area contributed by atoms with E-state index >= 15 is 0 Å². The van der Waals surface area contributed by atoms with Crippen LogP contribution in [0.25, 0.3) is 5.76 Å². The number of benzene rings is 2. The van der Waals surface area contributed by atoms with Crippen LogP contribution in [0.15, 0.2) is 54.1 Å². The van der Waals surface area contributed by atoms with Crippen molar-refractivity contribution < 1.29 is 24.2 Å². The first-order valence-electron chi connectivity index (χ1n) is 11.9. The van der Waals surface area contributed by atoms with Crippen LogP contribution in [0.5, 0.6) is 11.5 Å². The van der Waals surface area contributed by atoms with Crippen LogP contribution in [-0.4, -0.2) is 66.0 Å².